The molecule has 0 radical (unpaired) electrons. The number of halogens is 1. The minimum Gasteiger partial charge on any atom is -0.340 e. The van der Waals surface area contributed by atoms with Crippen molar-refractivity contribution in [3.8, 4) is 0 Å². The molecule has 6 heteroatoms. The van der Waals surface area contributed by atoms with Gasteiger partial charge < -0.3 is 9.47 Å². The molecule has 0 aromatic carbocycles. The fourth-order valence-electron chi connectivity index (χ4n) is 1.99. The van der Waals surface area contributed by atoms with Crippen LogP contribution in [0.1, 0.15) is 12.7 Å². The topological polar surface area (TPSA) is 41.4 Å². The number of nitrogens with zero attached hydrogens (tertiary/aromatic N) is 4. The van der Waals surface area contributed by atoms with Crippen LogP contribution in [0.15, 0.2) is 6.20 Å². The van der Waals surface area contributed by atoms with Gasteiger partial charge in [0.25, 0.3) is 0 Å². The number of carbonyl (C=O) groups is 1. The summed E-state index contributed by atoms with van der Waals surface area (Å²) in [6, 6.07) is 0. The molecule has 0 unspecified atom stereocenters. The molecule has 5 nitrogen and oxygen atoms in total. The second-order valence-electron chi connectivity index (χ2n) is 4.34. The molecule has 0 atom stereocenters. The Morgan fingerprint density at radius 3 is 2.53 bits per heavy atom. The lowest BCUT2D eigenvalue weighted by Gasteiger charge is -2.33. The molecule has 2 rings (SSSR count). The summed E-state index contributed by atoms with van der Waals surface area (Å²) in [6.45, 7) is 5.79. The van der Waals surface area contributed by atoms with Gasteiger partial charge in [-0.2, -0.15) is 0 Å². The van der Waals surface area contributed by atoms with Crippen molar-refractivity contribution >= 4 is 17.5 Å². The zero-order valence-electron chi connectivity index (χ0n) is 10.2. The van der Waals surface area contributed by atoms with E-state index in [1.54, 1.807) is 13.1 Å². The molecule has 2 heterocycles. The Kier molecular flexibility index (Phi) is 3.69. The van der Waals surface area contributed by atoms with E-state index < -0.39 is 0 Å². The largest absolute Gasteiger partial charge is 0.340 e. The van der Waals surface area contributed by atoms with Crippen LogP contribution in [0.3, 0.4) is 0 Å². The number of piperazine rings is 1. The third kappa shape index (κ3) is 2.79. The highest BCUT2D eigenvalue weighted by atomic mass is 35.5. The molecule has 1 fully saturated rings. The maximum atomic E-state index is 11.2. The lowest BCUT2D eigenvalue weighted by Crippen LogP contribution is -2.47. The summed E-state index contributed by atoms with van der Waals surface area (Å²) in [6.07, 6.45) is 1.67. The molecular formula is C11H17ClN4O. The molecule has 17 heavy (non-hydrogen) atoms. The van der Waals surface area contributed by atoms with Gasteiger partial charge in [0.05, 0.1) is 12.7 Å². The Hall–Kier alpha value is -1.07. The van der Waals surface area contributed by atoms with Crippen molar-refractivity contribution in [2.75, 3.05) is 26.2 Å². The molecule has 0 spiro atoms. The smallest absolute Gasteiger partial charge is 0.219 e. The van der Waals surface area contributed by atoms with Crippen molar-refractivity contribution in [3.63, 3.8) is 0 Å². The minimum absolute atomic E-state index is 0.157. The predicted octanol–water partition coefficient (Wildman–Crippen LogP) is 0.738. The van der Waals surface area contributed by atoms with Crippen molar-refractivity contribution in [2.45, 2.75) is 13.5 Å². The van der Waals surface area contributed by atoms with E-state index in [9.17, 15) is 4.79 Å². The average molecular weight is 257 g/mol. The highest BCUT2D eigenvalue weighted by Gasteiger charge is 2.19. The average Bonchev–Trinajstić information content (AvgIpc) is 2.62. The summed E-state index contributed by atoms with van der Waals surface area (Å²) in [7, 11) is 1.91. The van der Waals surface area contributed by atoms with Crippen molar-refractivity contribution in [1.82, 2.24) is 19.4 Å². The standard InChI is InChI=1S/C11H17ClN4O/c1-9(17)16-5-3-15(4-6-16)8-11-13-7-10(12)14(11)2/h7H,3-6,8H2,1-2H3. The second-order valence-corrected chi connectivity index (χ2v) is 4.73. The molecule has 0 bridgehead atoms. The van der Waals surface area contributed by atoms with Gasteiger partial charge in [0, 0.05) is 40.2 Å². The van der Waals surface area contributed by atoms with E-state index in [2.05, 4.69) is 9.88 Å². The minimum atomic E-state index is 0.157. The molecule has 0 N–H and O–H groups in total. The Bertz CT molecular complexity index is 410. The second kappa shape index (κ2) is 5.06. The number of aromatic nitrogens is 2. The SMILES string of the molecule is CC(=O)N1CCN(Cc2ncc(Cl)n2C)CC1. The normalized spacial score (nSPS) is 17.5. The van der Waals surface area contributed by atoms with E-state index in [0.717, 1.165) is 38.5 Å². The van der Waals surface area contributed by atoms with E-state index in [0.29, 0.717) is 5.15 Å². The van der Waals surface area contributed by atoms with Gasteiger partial charge in [-0.05, 0) is 0 Å². The van der Waals surface area contributed by atoms with Gasteiger partial charge in [0.1, 0.15) is 11.0 Å². The molecule has 1 aliphatic heterocycles. The van der Waals surface area contributed by atoms with E-state index in [1.807, 2.05) is 16.5 Å². The van der Waals surface area contributed by atoms with Crippen LogP contribution in [0, 0.1) is 0 Å². The molecular weight excluding hydrogens is 240 g/mol. The van der Waals surface area contributed by atoms with Gasteiger partial charge in [0.2, 0.25) is 5.91 Å². The van der Waals surface area contributed by atoms with Gasteiger partial charge in [-0.3, -0.25) is 9.69 Å². The van der Waals surface area contributed by atoms with Crippen LogP contribution >= 0.6 is 11.6 Å². The number of amides is 1. The molecule has 94 valence electrons. The Labute approximate surface area is 106 Å². The van der Waals surface area contributed by atoms with Gasteiger partial charge in [-0.1, -0.05) is 11.6 Å². The van der Waals surface area contributed by atoms with E-state index in [1.165, 1.54) is 0 Å². The Morgan fingerprint density at radius 2 is 2.06 bits per heavy atom. The number of hydrogen-bond donors (Lipinski definition) is 0. The van der Waals surface area contributed by atoms with Crippen molar-refractivity contribution in [2.24, 2.45) is 7.05 Å². The van der Waals surface area contributed by atoms with E-state index >= 15 is 0 Å². The third-order valence-corrected chi connectivity index (χ3v) is 3.56. The molecule has 0 saturated carbocycles. The summed E-state index contributed by atoms with van der Waals surface area (Å²) in [5.41, 5.74) is 0. The lowest BCUT2D eigenvalue weighted by atomic mass is 10.3. The number of imidazole rings is 1. The molecule has 1 aromatic heterocycles. The monoisotopic (exact) mass is 256 g/mol. The van der Waals surface area contributed by atoms with E-state index in [4.69, 9.17) is 11.6 Å². The van der Waals surface area contributed by atoms with Crippen LogP contribution in [0.2, 0.25) is 5.15 Å². The first-order valence-electron chi connectivity index (χ1n) is 5.72. The summed E-state index contributed by atoms with van der Waals surface area (Å²) in [5, 5.41) is 0.655. The summed E-state index contributed by atoms with van der Waals surface area (Å²) in [4.78, 5) is 19.6. The van der Waals surface area contributed by atoms with Crippen LogP contribution in [0.25, 0.3) is 0 Å². The van der Waals surface area contributed by atoms with Gasteiger partial charge >= 0.3 is 0 Å². The fraction of sp³-hybridized carbons (Fsp3) is 0.636. The predicted molar refractivity (Wildman–Crippen MR) is 65.7 cm³/mol. The van der Waals surface area contributed by atoms with E-state index in [-0.39, 0.29) is 5.91 Å². The molecule has 1 saturated heterocycles. The van der Waals surface area contributed by atoms with Gasteiger partial charge in [0.15, 0.2) is 0 Å². The zero-order chi connectivity index (χ0) is 12.4. The first-order chi connectivity index (χ1) is 8.08. The highest BCUT2D eigenvalue weighted by Crippen LogP contribution is 2.12. The van der Waals surface area contributed by atoms with Crippen LogP contribution in [-0.2, 0) is 18.4 Å². The maximum absolute atomic E-state index is 11.2. The van der Waals surface area contributed by atoms with Crippen LogP contribution in [-0.4, -0.2) is 51.4 Å². The Morgan fingerprint density at radius 1 is 1.41 bits per heavy atom. The van der Waals surface area contributed by atoms with Crippen LogP contribution in [0.5, 0.6) is 0 Å². The lowest BCUT2D eigenvalue weighted by molar-refractivity contribution is -0.130. The first kappa shape index (κ1) is 12.4. The first-order valence-corrected chi connectivity index (χ1v) is 6.09. The molecule has 1 aromatic rings. The quantitative estimate of drug-likeness (QED) is 0.784. The molecule has 1 amide bonds. The van der Waals surface area contributed by atoms with Crippen LogP contribution < -0.4 is 0 Å². The number of carbonyl (C=O) groups excluding carboxylic acids is 1. The zero-order valence-corrected chi connectivity index (χ0v) is 10.9. The van der Waals surface area contributed by atoms with Crippen molar-refractivity contribution < 1.29 is 4.79 Å². The molecule has 1 aliphatic rings. The number of hydrogen-bond acceptors (Lipinski definition) is 3. The maximum Gasteiger partial charge on any atom is 0.219 e. The third-order valence-electron chi connectivity index (χ3n) is 3.21. The van der Waals surface area contributed by atoms with Crippen LogP contribution in [0.4, 0.5) is 0 Å². The molecule has 0 aliphatic carbocycles. The van der Waals surface area contributed by atoms with Crippen molar-refractivity contribution in [1.29, 1.82) is 0 Å². The van der Waals surface area contributed by atoms with Gasteiger partial charge in [-0.15, -0.1) is 0 Å². The summed E-state index contributed by atoms with van der Waals surface area (Å²) in [5.74, 6) is 1.12. The van der Waals surface area contributed by atoms with Gasteiger partial charge in [-0.25, -0.2) is 4.98 Å². The number of rotatable bonds is 2. The fourth-order valence-corrected chi connectivity index (χ4v) is 2.14. The summed E-state index contributed by atoms with van der Waals surface area (Å²) < 4.78 is 1.89. The van der Waals surface area contributed by atoms with Crippen molar-refractivity contribution in [3.05, 3.63) is 17.2 Å². The highest BCUT2D eigenvalue weighted by molar-refractivity contribution is 6.29. The Balaban J connectivity index is 1.90. The summed E-state index contributed by atoms with van der Waals surface area (Å²) >= 11 is 5.94.